The van der Waals surface area contributed by atoms with Crippen molar-refractivity contribution in [3.8, 4) is 0 Å². The first-order valence-corrected chi connectivity index (χ1v) is 8.28. The van der Waals surface area contributed by atoms with Crippen molar-refractivity contribution < 1.29 is 14.0 Å². The predicted molar refractivity (Wildman–Crippen MR) is 94.2 cm³/mol. The zero-order valence-corrected chi connectivity index (χ0v) is 13.5. The molecule has 0 unspecified atom stereocenters. The van der Waals surface area contributed by atoms with Crippen LogP contribution in [0.25, 0.3) is 16.8 Å². The molecule has 118 valence electrons. The first-order valence-electron chi connectivity index (χ1n) is 7.46. The van der Waals surface area contributed by atoms with Gasteiger partial charge in [-0.1, -0.05) is 42.5 Å². The van der Waals surface area contributed by atoms with Gasteiger partial charge in [-0.15, -0.1) is 0 Å². The standard InChI is InChI=1S/C19H13NO3S/c21-18-17(10-13-8-9-23-12-13)24-19(22)20(18)11-15-6-3-5-14-4-1-2-7-16(14)15/h1-10,12H,11H2/b17-10+. The number of hydrogen-bond acceptors (Lipinski definition) is 4. The van der Waals surface area contributed by atoms with Gasteiger partial charge in [0.15, 0.2) is 0 Å². The minimum absolute atomic E-state index is 0.248. The molecule has 24 heavy (non-hydrogen) atoms. The Morgan fingerprint density at radius 1 is 1.04 bits per heavy atom. The summed E-state index contributed by atoms with van der Waals surface area (Å²) in [6, 6.07) is 15.6. The summed E-state index contributed by atoms with van der Waals surface area (Å²) in [7, 11) is 0. The van der Waals surface area contributed by atoms with E-state index in [1.807, 2.05) is 42.5 Å². The first-order chi connectivity index (χ1) is 11.7. The number of thioether (sulfide) groups is 1. The second kappa shape index (κ2) is 6.02. The fourth-order valence-electron chi connectivity index (χ4n) is 2.75. The number of nitrogens with zero attached hydrogens (tertiary/aromatic N) is 1. The van der Waals surface area contributed by atoms with Crippen LogP contribution in [0.4, 0.5) is 4.79 Å². The van der Waals surface area contributed by atoms with Crippen LogP contribution in [0.5, 0.6) is 0 Å². The van der Waals surface area contributed by atoms with E-state index in [4.69, 9.17) is 4.42 Å². The Labute approximate surface area is 142 Å². The lowest BCUT2D eigenvalue weighted by atomic mass is 10.0. The molecule has 0 aliphatic carbocycles. The van der Waals surface area contributed by atoms with Crippen molar-refractivity contribution >= 4 is 39.8 Å². The lowest BCUT2D eigenvalue weighted by Crippen LogP contribution is -2.27. The van der Waals surface area contributed by atoms with Crippen LogP contribution in [0.1, 0.15) is 11.1 Å². The van der Waals surface area contributed by atoms with Crippen molar-refractivity contribution in [2.45, 2.75) is 6.54 Å². The maximum Gasteiger partial charge on any atom is 0.293 e. The lowest BCUT2D eigenvalue weighted by molar-refractivity contribution is -0.123. The number of carbonyl (C=O) groups is 2. The molecule has 0 atom stereocenters. The third-order valence-corrected chi connectivity index (χ3v) is 4.83. The van der Waals surface area contributed by atoms with Crippen LogP contribution in [-0.4, -0.2) is 16.0 Å². The van der Waals surface area contributed by atoms with Crippen LogP contribution in [0.15, 0.2) is 70.4 Å². The number of carbonyl (C=O) groups excluding carboxylic acids is 2. The molecule has 2 aromatic carbocycles. The second-order valence-corrected chi connectivity index (χ2v) is 6.46. The van der Waals surface area contributed by atoms with Gasteiger partial charge in [-0.2, -0.15) is 0 Å². The zero-order chi connectivity index (χ0) is 16.5. The highest BCUT2D eigenvalue weighted by Crippen LogP contribution is 2.34. The number of fused-ring (bicyclic) bond motifs is 1. The van der Waals surface area contributed by atoms with E-state index in [9.17, 15) is 9.59 Å². The van der Waals surface area contributed by atoms with Crippen molar-refractivity contribution in [2.75, 3.05) is 0 Å². The molecule has 3 aromatic rings. The third kappa shape index (κ3) is 2.63. The Morgan fingerprint density at radius 2 is 1.88 bits per heavy atom. The molecule has 1 aliphatic rings. The number of benzene rings is 2. The molecule has 0 saturated carbocycles. The molecule has 2 heterocycles. The molecule has 0 bridgehead atoms. The van der Waals surface area contributed by atoms with Gasteiger partial charge >= 0.3 is 0 Å². The minimum Gasteiger partial charge on any atom is -0.472 e. The minimum atomic E-state index is -0.265. The second-order valence-electron chi connectivity index (χ2n) is 5.46. The SMILES string of the molecule is O=C1S/C(=C/c2ccoc2)C(=O)N1Cc1cccc2ccccc12. The maximum absolute atomic E-state index is 12.6. The van der Waals surface area contributed by atoms with Gasteiger partial charge in [0, 0.05) is 5.56 Å². The van der Waals surface area contributed by atoms with E-state index in [1.54, 1.807) is 18.4 Å². The van der Waals surface area contributed by atoms with Crippen LogP contribution < -0.4 is 0 Å². The van der Waals surface area contributed by atoms with Gasteiger partial charge in [-0.05, 0) is 40.2 Å². The van der Waals surface area contributed by atoms with Crippen LogP contribution in [0, 0.1) is 0 Å². The Balaban J connectivity index is 1.65. The number of hydrogen-bond donors (Lipinski definition) is 0. The average molecular weight is 335 g/mol. The van der Waals surface area contributed by atoms with Crippen LogP contribution in [0.2, 0.25) is 0 Å². The molecular weight excluding hydrogens is 322 g/mol. The van der Waals surface area contributed by atoms with E-state index in [0.717, 1.165) is 33.7 Å². The molecule has 5 heteroatoms. The van der Waals surface area contributed by atoms with Crippen molar-refractivity contribution in [3.05, 3.63) is 77.1 Å². The van der Waals surface area contributed by atoms with Crippen LogP contribution in [0.3, 0.4) is 0 Å². The maximum atomic E-state index is 12.6. The topological polar surface area (TPSA) is 50.5 Å². The van der Waals surface area contributed by atoms with E-state index >= 15 is 0 Å². The molecule has 4 nitrogen and oxygen atoms in total. The van der Waals surface area contributed by atoms with Gasteiger partial charge in [-0.25, -0.2) is 0 Å². The Bertz CT molecular complexity index is 954. The molecule has 1 aromatic heterocycles. The molecular formula is C19H13NO3S. The monoisotopic (exact) mass is 335 g/mol. The summed E-state index contributed by atoms with van der Waals surface area (Å²) in [4.78, 5) is 26.5. The number of furan rings is 1. The summed E-state index contributed by atoms with van der Waals surface area (Å²) in [6.07, 6.45) is 4.75. The number of rotatable bonds is 3. The highest BCUT2D eigenvalue weighted by atomic mass is 32.2. The van der Waals surface area contributed by atoms with E-state index in [-0.39, 0.29) is 17.7 Å². The molecule has 1 fully saturated rings. The van der Waals surface area contributed by atoms with Gasteiger partial charge in [-0.3, -0.25) is 14.5 Å². The van der Waals surface area contributed by atoms with E-state index < -0.39 is 0 Å². The molecule has 0 radical (unpaired) electrons. The fourth-order valence-corrected chi connectivity index (χ4v) is 3.58. The largest absolute Gasteiger partial charge is 0.472 e. The van der Waals surface area contributed by atoms with Crippen molar-refractivity contribution in [1.82, 2.24) is 4.90 Å². The lowest BCUT2D eigenvalue weighted by Gasteiger charge is -2.14. The summed E-state index contributed by atoms with van der Waals surface area (Å²) < 4.78 is 4.99. The third-order valence-electron chi connectivity index (χ3n) is 3.92. The van der Waals surface area contributed by atoms with Crippen molar-refractivity contribution in [1.29, 1.82) is 0 Å². The smallest absolute Gasteiger partial charge is 0.293 e. The van der Waals surface area contributed by atoms with Crippen molar-refractivity contribution in [3.63, 3.8) is 0 Å². The normalized spacial score (nSPS) is 16.5. The number of amides is 2. The van der Waals surface area contributed by atoms with Gasteiger partial charge < -0.3 is 4.42 Å². The summed E-state index contributed by atoms with van der Waals surface area (Å²) in [6.45, 7) is 0.273. The molecule has 1 saturated heterocycles. The average Bonchev–Trinajstić information content (AvgIpc) is 3.19. The Kier molecular flexibility index (Phi) is 3.70. The molecule has 2 amide bonds. The van der Waals surface area contributed by atoms with Crippen LogP contribution in [-0.2, 0) is 11.3 Å². The van der Waals surface area contributed by atoms with Gasteiger partial charge in [0.05, 0.1) is 24.0 Å². The number of imide groups is 1. The molecule has 1 aliphatic heterocycles. The Morgan fingerprint density at radius 3 is 2.71 bits per heavy atom. The quantitative estimate of drug-likeness (QED) is 0.653. The van der Waals surface area contributed by atoms with Gasteiger partial charge in [0.1, 0.15) is 0 Å². The first kappa shape index (κ1) is 14.8. The summed E-state index contributed by atoms with van der Waals surface area (Å²) in [5, 5.41) is 1.90. The van der Waals surface area contributed by atoms with E-state index in [2.05, 4.69) is 0 Å². The van der Waals surface area contributed by atoms with Crippen LogP contribution >= 0.6 is 11.8 Å². The fraction of sp³-hybridized carbons (Fsp3) is 0.0526. The molecule has 0 spiro atoms. The van der Waals surface area contributed by atoms with Gasteiger partial charge in [0.25, 0.3) is 11.1 Å². The summed E-state index contributed by atoms with van der Waals surface area (Å²) in [5.74, 6) is -0.265. The zero-order valence-electron chi connectivity index (χ0n) is 12.6. The molecule has 0 N–H and O–H groups in total. The van der Waals surface area contributed by atoms with E-state index in [1.165, 1.54) is 11.2 Å². The van der Waals surface area contributed by atoms with Crippen molar-refractivity contribution in [2.24, 2.45) is 0 Å². The predicted octanol–water partition coefficient (Wildman–Crippen LogP) is 4.67. The van der Waals surface area contributed by atoms with Gasteiger partial charge in [0.2, 0.25) is 0 Å². The summed E-state index contributed by atoms with van der Waals surface area (Å²) in [5.41, 5.74) is 1.73. The highest BCUT2D eigenvalue weighted by Gasteiger charge is 2.35. The van der Waals surface area contributed by atoms with E-state index in [0.29, 0.717) is 4.91 Å². The Hall–Kier alpha value is -2.79. The molecule has 4 rings (SSSR count). The summed E-state index contributed by atoms with van der Waals surface area (Å²) >= 11 is 0.962. The highest BCUT2D eigenvalue weighted by molar-refractivity contribution is 8.18.